The number of ether oxygens (including phenoxy) is 1. The van der Waals surface area contributed by atoms with Crippen molar-refractivity contribution in [3.63, 3.8) is 0 Å². The van der Waals surface area contributed by atoms with Crippen LogP contribution < -0.4 is 13.8 Å². The Bertz CT molecular complexity index is 1090. The summed E-state index contributed by atoms with van der Waals surface area (Å²) in [5.41, 5.74) is 0. The second kappa shape index (κ2) is 11.4. The number of carbonyl (C=O) groups excluding carboxylic acids is 1. The first-order chi connectivity index (χ1) is 16.6. The molecule has 1 aliphatic rings. The van der Waals surface area contributed by atoms with Crippen LogP contribution in [0.25, 0.3) is 0 Å². The lowest BCUT2D eigenvalue weighted by molar-refractivity contribution is 0.131. The van der Waals surface area contributed by atoms with Crippen molar-refractivity contribution >= 4 is 13.9 Å². The molecule has 0 N–H and O–H groups in total. The molecule has 1 aliphatic heterocycles. The fourth-order valence-electron chi connectivity index (χ4n) is 3.34. The van der Waals surface area contributed by atoms with Gasteiger partial charge < -0.3 is 18.3 Å². The van der Waals surface area contributed by atoms with E-state index in [1.54, 1.807) is 78.9 Å². The minimum atomic E-state index is -4.24. The molecule has 0 unspecified atom stereocenters. The number of hydrogen-bond donors (Lipinski definition) is 0. The normalized spacial score (nSPS) is 15.8. The Balaban J connectivity index is 1.61. The molecule has 0 fully saturated rings. The smallest absolute Gasteiger partial charge is 0.410 e. The van der Waals surface area contributed by atoms with Gasteiger partial charge in [0.1, 0.15) is 17.2 Å². The standard InChI is InChI=1S/C26H26NO6P/c28-26(30-22-14-6-3-7-15-22)27-21-13-2-1-12-20-25(27)33-34(29,31-23-16-8-4-9-17-23)32-24-18-10-5-11-19-24/h3-11,14-20H,1-2,12-13,21H2/b25-20+. The molecular weight excluding hydrogens is 453 g/mol. The highest BCUT2D eigenvalue weighted by molar-refractivity contribution is 7.49. The quantitative estimate of drug-likeness (QED) is 0.334. The van der Waals surface area contributed by atoms with Crippen molar-refractivity contribution in [3.05, 3.63) is 103 Å². The second-order valence-corrected chi connectivity index (χ2v) is 9.01. The van der Waals surface area contributed by atoms with Crippen molar-refractivity contribution in [2.24, 2.45) is 0 Å². The average molecular weight is 479 g/mol. The molecule has 0 aliphatic carbocycles. The highest BCUT2D eigenvalue weighted by Crippen LogP contribution is 2.52. The highest BCUT2D eigenvalue weighted by atomic mass is 31.2. The molecule has 3 aromatic carbocycles. The SMILES string of the molecule is O=C(Oc1ccccc1)N1CCCCC/C=C\1OP(=O)(Oc1ccccc1)Oc1ccccc1. The molecule has 0 bridgehead atoms. The van der Waals surface area contributed by atoms with E-state index in [1.807, 2.05) is 18.2 Å². The summed E-state index contributed by atoms with van der Waals surface area (Å²) in [6.45, 7) is 0.341. The number of phosphoric acid groups is 1. The van der Waals surface area contributed by atoms with E-state index in [0.717, 1.165) is 19.3 Å². The fraction of sp³-hybridized carbons (Fsp3) is 0.192. The van der Waals surface area contributed by atoms with Crippen LogP contribution >= 0.6 is 7.82 Å². The number of para-hydroxylation sites is 3. The fourth-order valence-corrected chi connectivity index (χ4v) is 4.61. The number of phosphoric ester groups is 1. The monoisotopic (exact) mass is 479 g/mol. The summed E-state index contributed by atoms with van der Waals surface area (Å²) in [7, 11) is -4.24. The predicted molar refractivity (Wildman–Crippen MR) is 129 cm³/mol. The maximum absolute atomic E-state index is 13.9. The Labute approximate surface area is 199 Å². The van der Waals surface area contributed by atoms with Gasteiger partial charge in [0.2, 0.25) is 5.88 Å². The van der Waals surface area contributed by atoms with Gasteiger partial charge in [0.15, 0.2) is 0 Å². The molecule has 0 saturated carbocycles. The summed E-state index contributed by atoms with van der Waals surface area (Å²) in [5.74, 6) is 1.10. The van der Waals surface area contributed by atoms with E-state index in [-0.39, 0.29) is 5.88 Å². The number of allylic oxidation sites excluding steroid dienone is 1. The maximum atomic E-state index is 13.9. The molecule has 0 saturated heterocycles. The Morgan fingerprint density at radius 2 is 1.21 bits per heavy atom. The molecule has 34 heavy (non-hydrogen) atoms. The molecule has 1 heterocycles. The third kappa shape index (κ3) is 6.65. The molecule has 0 atom stereocenters. The summed E-state index contributed by atoms with van der Waals surface area (Å²) in [6.07, 6.45) is 4.33. The van der Waals surface area contributed by atoms with Gasteiger partial charge in [0, 0.05) is 6.54 Å². The lowest BCUT2D eigenvalue weighted by Crippen LogP contribution is -2.35. The van der Waals surface area contributed by atoms with Crippen LogP contribution in [0, 0.1) is 0 Å². The van der Waals surface area contributed by atoms with Crippen molar-refractivity contribution < 1.29 is 27.7 Å². The lowest BCUT2D eigenvalue weighted by Gasteiger charge is -2.28. The van der Waals surface area contributed by atoms with E-state index in [9.17, 15) is 9.36 Å². The van der Waals surface area contributed by atoms with E-state index in [4.69, 9.17) is 18.3 Å². The molecule has 176 valence electrons. The summed E-state index contributed by atoms with van der Waals surface area (Å²) in [4.78, 5) is 14.4. The number of hydrogen-bond acceptors (Lipinski definition) is 6. The molecule has 1 amide bonds. The van der Waals surface area contributed by atoms with E-state index >= 15 is 0 Å². The zero-order chi connectivity index (χ0) is 23.6. The Morgan fingerprint density at radius 3 is 1.76 bits per heavy atom. The lowest BCUT2D eigenvalue weighted by atomic mass is 10.1. The number of nitrogens with zero attached hydrogens (tertiary/aromatic N) is 1. The van der Waals surface area contributed by atoms with Crippen molar-refractivity contribution in [2.75, 3.05) is 6.54 Å². The van der Waals surface area contributed by atoms with Gasteiger partial charge in [-0.25, -0.2) is 9.69 Å². The van der Waals surface area contributed by atoms with Gasteiger partial charge in [0.25, 0.3) is 0 Å². The molecule has 4 rings (SSSR count). The third-order valence-corrected chi connectivity index (χ3v) is 6.25. The molecule has 7 nitrogen and oxygen atoms in total. The molecule has 8 heteroatoms. The summed E-state index contributed by atoms with van der Waals surface area (Å²) in [6, 6.07) is 26.0. The van der Waals surface area contributed by atoms with Crippen molar-refractivity contribution in [2.45, 2.75) is 25.7 Å². The van der Waals surface area contributed by atoms with Crippen molar-refractivity contribution in [3.8, 4) is 17.2 Å². The van der Waals surface area contributed by atoms with Gasteiger partial charge in [-0.3, -0.25) is 0 Å². The Morgan fingerprint density at radius 1 is 0.676 bits per heavy atom. The number of rotatable bonds is 7. The summed E-state index contributed by atoms with van der Waals surface area (Å²) >= 11 is 0. The van der Waals surface area contributed by atoms with Gasteiger partial charge in [0.05, 0.1) is 0 Å². The Kier molecular flexibility index (Phi) is 7.89. The molecular formula is C26H26NO6P. The largest absolute Gasteiger partial charge is 0.648 e. The molecule has 0 radical (unpaired) electrons. The zero-order valence-corrected chi connectivity index (χ0v) is 19.5. The number of benzene rings is 3. The van der Waals surface area contributed by atoms with Crippen LogP contribution in [0.1, 0.15) is 25.7 Å². The van der Waals surface area contributed by atoms with Crippen molar-refractivity contribution in [1.29, 1.82) is 0 Å². The van der Waals surface area contributed by atoms with E-state index in [1.165, 1.54) is 4.90 Å². The van der Waals surface area contributed by atoms with Gasteiger partial charge in [-0.15, -0.1) is 0 Å². The number of amides is 1. The summed E-state index contributed by atoms with van der Waals surface area (Å²) in [5, 5.41) is 0. The van der Waals surface area contributed by atoms with Gasteiger partial charge in [-0.05, 0) is 61.7 Å². The first-order valence-corrected chi connectivity index (χ1v) is 12.6. The van der Waals surface area contributed by atoms with Crippen LogP contribution in [0.2, 0.25) is 0 Å². The van der Waals surface area contributed by atoms with Gasteiger partial charge >= 0.3 is 13.9 Å². The van der Waals surface area contributed by atoms with Crippen LogP contribution in [0.5, 0.6) is 17.2 Å². The maximum Gasteiger partial charge on any atom is 0.648 e. The molecule has 3 aromatic rings. The molecule has 0 aromatic heterocycles. The van der Waals surface area contributed by atoms with Crippen LogP contribution in [0.3, 0.4) is 0 Å². The zero-order valence-electron chi connectivity index (χ0n) is 18.6. The van der Waals surface area contributed by atoms with E-state index in [0.29, 0.717) is 30.2 Å². The van der Waals surface area contributed by atoms with Crippen LogP contribution in [0.4, 0.5) is 4.79 Å². The van der Waals surface area contributed by atoms with E-state index < -0.39 is 13.9 Å². The molecule has 0 spiro atoms. The van der Waals surface area contributed by atoms with E-state index in [2.05, 4.69) is 0 Å². The van der Waals surface area contributed by atoms with Crippen LogP contribution in [-0.4, -0.2) is 17.5 Å². The second-order valence-electron chi connectivity index (χ2n) is 7.57. The first kappa shape index (κ1) is 23.5. The van der Waals surface area contributed by atoms with Crippen LogP contribution in [-0.2, 0) is 9.09 Å². The van der Waals surface area contributed by atoms with Crippen molar-refractivity contribution in [1.82, 2.24) is 4.90 Å². The van der Waals surface area contributed by atoms with Gasteiger partial charge in [-0.1, -0.05) is 61.0 Å². The third-order valence-electron chi connectivity index (χ3n) is 4.97. The predicted octanol–water partition coefficient (Wildman–Crippen LogP) is 7.19. The number of carbonyl (C=O) groups is 1. The van der Waals surface area contributed by atoms with Gasteiger partial charge in [-0.2, -0.15) is 4.57 Å². The minimum absolute atomic E-state index is 0.0795. The summed E-state index contributed by atoms with van der Waals surface area (Å²) < 4.78 is 36.7. The van der Waals surface area contributed by atoms with Crippen LogP contribution in [0.15, 0.2) is 103 Å². The Hall–Kier alpha value is -3.70. The minimum Gasteiger partial charge on any atom is -0.410 e. The highest BCUT2D eigenvalue weighted by Gasteiger charge is 2.37. The first-order valence-electron chi connectivity index (χ1n) is 11.1. The average Bonchev–Trinajstić information content (AvgIpc) is 2.83. The topological polar surface area (TPSA) is 74.3 Å².